The van der Waals surface area contributed by atoms with Gasteiger partial charge in [0.25, 0.3) is 0 Å². The molecule has 0 bridgehead atoms. The van der Waals surface area contributed by atoms with E-state index < -0.39 is 15.6 Å². The van der Waals surface area contributed by atoms with Gasteiger partial charge in [0.05, 0.1) is 11.7 Å². The molecule has 1 aromatic heterocycles. The van der Waals surface area contributed by atoms with Gasteiger partial charge in [-0.25, -0.2) is 17.5 Å². The molecule has 1 N–H and O–H groups in total. The lowest BCUT2D eigenvalue weighted by atomic mass is 10.1. The summed E-state index contributed by atoms with van der Waals surface area (Å²) < 4.78 is 42.1. The molecule has 2 aromatic rings. The van der Waals surface area contributed by atoms with Gasteiger partial charge < -0.3 is 0 Å². The highest BCUT2D eigenvalue weighted by molar-refractivity contribution is 7.89. The number of hydrogen-bond donors (Lipinski definition) is 1. The molecule has 21 heavy (non-hydrogen) atoms. The Kier molecular flexibility index (Phi) is 3.33. The molecule has 3 rings (SSSR count). The van der Waals surface area contributed by atoms with E-state index in [9.17, 15) is 12.8 Å². The molecule has 1 aliphatic rings. The third kappa shape index (κ3) is 2.71. The molecule has 7 heteroatoms. The lowest BCUT2D eigenvalue weighted by Gasteiger charge is -2.17. The first-order valence-corrected chi connectivity index (χ1v) is 8.26. The number of aryl methyl sites for hydroxylation is 1. The van der Waals surface area contributed by atoms with Crippen molar-refractivity contribution in [1.82, 2.24) is 14.5 Å². The summed E-state index contributed by atoms with van der Waals surface area (Å²) in [5, 5.41) is 3.98. The summed E-state index contributed by atoms with van der Waals surface area (Å²) in [6.07, 6.45) is 4.26. The summed E-state index contributed by atoms with van der Waals surface area (Å²) in [5.74, 6) is -0.332. The number of nitrogens with one attached hydrogen (secondary N) is 1. The number of nitrogens with zero attached hydrogens (tertiary/aromatic N) is 2. The fourth-order valence-corrected chi connectivity index (χ4v) is 3.72. The van der Waals surface area contributed by atoms with Gasteiger partial charge in [-0.15, -0.1) is 0 Å². The van der Waals surface area contributed by atoms with E-state index in [1.807, 2.05) is 6.92 Å². The molecular weight excluding hydrogens is 293 g/mol. The molecule has 1 aromatic carbocycles. The molecule has 1 aliphatic carbocycles. The maximum Gasteiger partial charge on any atom is 0.244 e. The first-order chi connectivity index (χ1) is 9.95. The Hall–Kier alpha value is -1.73. The Labute approximate surface area is 122 Å². The van der Waals surface area contributed by atoms with Crippen molar-refractivity contribution in [3.05, 3.63) is 48.0 Å². The van der Waals surface area contributed by atoms with Crippen LogP contribution < -0.4 is 4.72 Å². The predicted molar refractivity (Wildman–Crippen MR) is 75.5 cm³/mol. The second-order valence-electron chi connectivity index (χ2n) is 5.23. The topological polar surface area (TPSA) is 64.0 Å². The Morgan fingerprint density at radius 3 is 2.52 bits per heavy atom. The number of benzene rings is 1. The van der Waals surface area contributed by atoms with E-state index in [-0.39, 0.29) is 10.7 Å². The molecule has 0 radical (unpaired) electrons. The van der Waals surface area contributed by atoms with Crippen LogP contribution in [-0.2, 0) is 22.1 Å². The largest absolute Gasteiger partial charge is 0.272 e. The summed E-state index contributed by atoms with van der Waals surface area (Å²) in [6.45, 7) is 2.50. The first-order valence-electron chi connectivity index (χ1n) is 6.78. The summed E-state index contributed by atoms with van der Waals surface area (Å²) in [7, 11) is -3.63. The van der Waals surface area contributed by atoms with Crippen molar-refractivity contribution in [2.45, 2.75) is 36.7 Å². The zero-order valence-electron chi connectivity index (χ0n) is 11.6. The monoisotopic (exact) mass is 309 g/mol. The molecule has 1 saturated carbocycles. The number of aromatic nitrogens is 2. The molecule has 1 fully saturated rings. The first kappa shape index (κ1) is 14.2. The van der Waals surface area contributed by atoms with E-state index in [2.05, 4.69) is 9.82 Å². The zero-order valence-corrected chi connectivity index (χ0v) is 12.4. The van der Waals surface area contributed by atoms with Crippen molar-refractivity contribution in [2.24, 2.45) is 0 Å². The van der Waals surface area contributed by atoms with Gasteiger partial charge in [0.1, 0.15) is 10.7 Å². The van der Waals surface area contributed by atoms with Crippen molar-refractivity contribution < 1.29 is 12.8 Å². The van der Waals surface area contributed by atoms with Crippen LogP contribution in [0.5, 0.6) is 0 Å². The number of rotatable bonds is 5. The van der Waals surface area contributed by atoms with Crippen LogP contribution in [0.1, 0.15) is 25.3 Å². The Morgan fingerprint density at radius 1 is 1.33 bits per heavy atom. The quantitative estimate of drug-likeness (QED) is 0.919. The Balaban J connectivity index is 1.86. The van der Waals surface area contributed by atoms with E-state index in [0.29, 0.717) is 19.4 Å². The molecule has 0 unspecified atom stereocenters. The van der Waals surface area contributed by atoms with Crippen molar-refractivity contribution in [3.8, 4) is 0 Å². The van der Waals surface area contributed by atoms with Gasteiger partial charge in [0.15, 0.2) is 0 Å². The maximum absolute atomic E-state index is 13.0. The number of halogens is 1. The van der Waals surface area contributed by atoms with E-state index >= 15 is 0 Å². The molecule has 0 amide bonds. The third-order valence-electron chi connectivity index (χ3n) is 3.72. The molecule has 5 nitrogen and oxygen atoms in total. The van der Waals surface area contributed by atoms with Gasteiger partial charge in [-0.2, -0.15) is 5.10 Å². The van der Waals surface area contributed by atoms with Crippen LogP contribution in [-0.4, -0.2) is 18.2 Å². The van der Waals surface area contributed by atoms with E-state index in [1.165, 1.54) is 24.5 Å². The minimum absolute atomic E-state index is 0.151. The summed E-state index contributed by atoms with van der Waals surface area (Å²) in [6, 6.07) is 5.94. The standard InChI is InChI=1S/C14H16FN3O2S/c1-2-18-10-13(9-16-18)21(19,20)17-14(7-8-14)11-3-5-12(15)6-4-11/h3-6,9-10,17H,2,7-8H2,1H3. The van der Waals surface area contributed by atoms with Gasteiger partial charge in [-0.3, -0.25) is 4.68 Å². The highest BCUT2D eigenvalue weighted by Gasteiger charge is 2.47. The maximum atomic E-state index is 13.0. The minimum atomic E-state index is -3.63. The molecule has 0 atom stereocenters. The van der Waals surface area contributed by atoms with Crippen molar-refractivity contribution in [2.75, 3.05) is 0 Å². The second kappa shape index (κ2) is 4.92. The molecule has 112 valence electrons. The van der Waals surface area contributed by atoms with Crippen LogP contribution in [0, 0.1) is 5.82 Å². The molecule has 1 heterocycles. The average Bonchev–Trinajstić information content (AvgIpc) is 3.05. The second-order valence-corrected chi connectivity index (χ2v) is 6.91. The van der Waals surface area contributed by atoms with E-state index in [0.717, 1.165) is 5.56 Å². The smallest absolute Gasteiger partial charge is 0.244 e. The van der Waals surface area contributed by atoms with Crippen molar-refractivity contribution in [1.29, 1.82) is 0 Å². The van der Waals surface area contributed by atoms with Gasteiger partial charge in [0.2, 0.25) is 10.0 Å². The fourth-order valence-electron chi connectivity index (χ4n) is 2.32. The lowest BCUT2D eigenvalue weighted by Crippen LogP contribution is -2.34. The highest BCUT2D eigenvalue weighted by Crippen LogP contribution is 2.46. The number of sulfonamides is 1. The number of hydrogen-bond acceptors (Lipinski definition) is 3. The molecule has 0 aliphatic heterocycles. The summed E-state index contributed by atoms with van der Waals surface area (Å²) >= 11 is 0. The molecule has 0 saturated heterocycles. The molecule has 0 spiro atoms. The van der Waals surface area contributed by atoms with Gasteiger partial charge in [-0.05, 0) is 37.5 Å². The Bertz CT molecular complexity index is 749. The van der Waals surface area contributed by atoms with Crippen LogP contribution in [0.4, 0.5) is 4.39 Å². The Morgan fingerprint density at radius 2 is 2.00 bits per heavy atom. The van der Waals surface area contributed by atoms with Crippen LogP contribution in [0.25, 0.3) is 0 Å². The van der Waals surface area contributed by atoms with Crippen molar-refractivity contribution in [3.63, 3.8) is 0 Å². The average molecular weight is 309 g/mol. The summed E-state index contributed by atoms with van der Waals surface area (Å²) in [5.41, 5.74) is 0.177. The van der Waals surface area contributed by atoms with Gasteiger partial charge in [-0.1, -0.05) is 12.1 Å². The SMILES string of the molecule is CCn1cc(S(=O)(=O)NC2(c3ccc(F)cc3)CC2)cn1. The lowest BCUT2D eigenvalue weighted by molar-refractivity contribution is 0.550. The van der Waals surface area contributed by atoms with Crippen LogP contribution in [0.3, 0.4) is 0 Å². The molecular formula is C14H16FN3O2S. The van der Waals surface area contributed by atoms with E-state index in [1.54, 1.807) is 16.8 Å². The summed E-state index contributed by atoms with van der Waals surface area (Å²) in [4.78, 5) is 0.151. The fraction of sp³-hybridized carbons (Fsp3) is 0.357. The highest BCUT2D eigenvalue weighted by atomic mass is 32.2. The normalized spacial score (nSPS) is 16.9. The van der Waals surface area contributed by atoms with Crippen LogP contribution in [0.15, 0.2) is 41.6 Å². The zero-order chi connectivity index (χ0) is 15.1. The van der Waals surface area contributed by atoms with Crippen LogP contribution >= 0.6 is 0 Å². The van der Waals surface area contributed by atoms with Gasteiger partial charge in [0, 0.05) is 12.7 Å². The van der Waals surface area contributed by atoms with E-state index in [4.69, 9.17) is 0 Å². The van der Waals surface area contributed by atoms with Gasteiger partial charge >= 0.3 is 0 Å². The third-order valence-corrected chi connectivity index (χ3v) is 5.21. The van der Waals surface area contributed by atoms with Crippen molar-refractivity contribution >= 4 is 10.0 Å². The minimum Gasteiger partial charge on any atom is -0.272 e. The predicted octanol–water partition coefficient (Wildman–Crippen LogP) is 2.01. The van der Waals surface area contributed by atoms with Crippen LogP contribution in [0.2, 0.25) is 0 Å².